The van der Waals surface area contributed by atoms with Gasteiger partial charge in [-0.1, -0.05) is 0 Å². The summed E-state index contributed by atoms with van der Waals surface area (Å²) in [6.07, 6.45) is -12.5. The van der Waals surface area contributed by atoms with E-state index in [4.69, 9.17) is 5.11 Å². The molecule has 0 amide bonds. The number of ether oxygens (including phenoxy) is 1. The molecule has 0 saturated carbocycles. The first-order chi connectivity index (χ1) is 9.30. The van der Waals surface area contributed by atoms with E-state index in [0.717, 1.165) is 6.07 Å². The molecule has 0 aliphatic rings. The lowest BCUT2D eigenvalue weighted by Crippen LogP contribution is -2.63. The predicted molar refractivity (Wildman–Crippen MR) is 74.6 cm³/mol. The van der Waals surface area contributed by atoms with E-state index < -0.39 is 29.7 Å². The molecule has 1 aromatic carbocycles. The van der Waals surface area contributed by atoms with Crippen LogP contribution in [0.5, 0.6) is 5.75 Å². The van der Waals surface area contributed by atoms with Crippen LogP contribution in [0, 0.1) is 7.14 Å². The zero-order valence-corrected chi connectivity index (χ0v) is 13.8. The number of carbonyl (C=O) groups is 1. The summed E-state index contributed by atoms with van der Waals surface area (Å²) in [6.45, 7) is 0. The van der Waals surface area contributed by atoms with E-state index in [9.17, 15) is 31.1 Å². The maximum absolute atomic E-state index is 12.4. The Kier molecular flexibility index (Phi) is 5.41. The lowest BCUT2D eigenvalue weighted by molar-refractivity contribution is -0.354. The molecule has 21 heavy (non-hydrogen) atoms. The van der Waals surface area contributed by atoms with Crippen LogP contribution in [0.2, 0.25) is 0 Å². The molecule has 0 heterocycles. The fraction of sp³-hybridized carbons (Fsp3) is 0.300. The van der Waals surface area contributed by atoms with Gasteiger partial charge in [-0.2, -0.15) is 26.3 Å². The molecule has 0 unspecified atom stereocenters. The van der Waals surface area contributed by atoms with Crippen LogP contribution in [-0.2, 0) is 4.79 Å². The summed E-state index contributed by atoms with van der Waals surface area (Å²) >= 11 is 3.41. The Morgan fingerprint density at radius 1 is 1.05 bits per heavy atom. The molecule has 0 aromatic heterocycles. The van der Waals surface area contributed by atoms with Crippen LogP contribution in [0.3, 0.4) is 0 Å². The molecule has 118 valence electrons. The Morgan fingerprint density at radius 2 is 1.52 bits per heavy atom. The molecular weight excluding hydrogens is 536 g/mol. The molecule has 0 aliphatic carbocycles. The van der Waals surface area contributed by atoms with Crippen molar-refractivity contribution < 1.29 is 41.0 Å². The van der Waals surface area contributed by atoms with Crippen molar-refractivity contribution >= 4 is 51.2 Å². The normalized spacial score (nSPS) is 13.2. The van der Waals surface area contributed by atoms with Crippen LogP contribution < -0.4 is 4.74 Å². The summed E-state index contributed by atoms with van der Waals surface area (Å²) in [7, 11) is 0. The Labute approximate surface area is 140 Å². The third-order valence-electron chi connectivity index (χ3n) is 2.21. The lowest BCUT2D eigenvalue weighted by atomic mass is 10.0. The summed E-state index contributed by atoms with van der Waals surface area (Å²) in [5.74, 6) is -3.38. The zero-order valence-electron chi connectivity index (χ0n) is 9.52. The van der Waals surface area contributed by atoms with E-state index in [1.165, 1.54) is 12.1 Å². The van der Waals surface area contributed by atoms with Gasteiger partial charge in [0.05, 0.1) is 3.57 Å². The Bertz CT molecular complexity index is 541. The quantitative estimate of drug-likeness (QED) is 0.270. The minimum atomic E-state index is -6.27. The van der Waals surface area contributed by atoms with Gasteiger partial charge in [0.1, 0.15) is 5.75 Å². The number of rotatable bonds is 2. The number of alkyl halides is 6. The number of esters is 1. The highest BCUT2D eigenvalue weighted by atomic mass is 127. The SMILES string of the molecule is O=C(Oc1ccc(I)cc1I)C(O)(C(F)(F)F)C(F)(F)F. The molecule has 0 atom stereocenters. The van der Waals surface area contributed by atoms with Gasteiger partial charge < -0.3 is 9.84 Å². The van der Waals surface area contributed by atoms with Crippen molar-refractivity contribution in [3.05, 3.63) is 25.3 Å². The maximum Gasteiger partial charge on any atom is 0.437 e. The van der Waals surface area contributed by atoms with Gasteiger partial charge >= 0.3 is 23.9 Å². The van der Waals surface area contributed by atoms with Crippen LogP contribution >= 0.6 is 45.2 Å². The molecule has 11 heteroatoms. The monoisotopic (exact) mass is 540 g/mol. The standard InChI is InChI=1S/C10H4F6I2O3/c11-9(12,13)8(20,10(14,15)16)7(19)21-6-2-1-4(17)3-5(6)18/h1-3,20H. The number of hydrogen-bond acceptors (Lipinski definition) is 3. The molecule has 3 nitrogen and oxygen atoms in total. The molecular formula is C10H4F6I2O3. The number of aliphatic hydroxyl groups is 1. The first-order valence-corrected chi connectivity index (χ1v) is 6.99. The molecule has 1 rings (SSSR count). The van der Waals surface area contributed by atoms with E-state index in [0.29, 0.717) is 3.57 Å². The molecule has 0 saturated heterocycles. The molecule has 0 spiro atoms. The van der Waals surface area contributed by atoms with E-state index >= 15 is 0 Å². The largest absolute Gasteiger partial charge is 0.437 e. The average Bonchev–Trinajstić information content (AvgIpc) is 2.28. The first kappa shape index (κ1) is 18.7. The number of hydrogen-bond donors (Lipinski definition) is 1. The van der Waals surface area contributed by atoms with E-state index in [1.54, 1.807) is 22.6 Å². The highest BCUT2D eigenvalue weighted by molar-refractivity contribution is 14.1. The number of benzene rings is 1. The van der Waals surface area contributed by atoms with E-state index in [-0.39, 0.29) is 3.57 Å². The molecule has 0 radical (unpaired) electrons. The van der Waals surface area contributed by atoms with Crippen molar-refractivity contribution in [3.8, 4) is 5.75 Å². The maximum atomic E-state index is 12.4. The van der Waals surface area contributed by atoms with Gasteiger partial charge in [-0.15, -0.1) is 0 Å². The summed E-state index contributed by atoms with van der Waals surface area (Å²) in [5, 5.41) is 8.83. The van der Waals surface area contributed by atoms with Crippen molar-refractivity contribution in [2.24, 2.45) is 0 Å². The van der Waals surface area contributed by atoms with E-state index in [2.05, 4.69) is 4.74 Å². The van der Waals surface area contributed by atoms with Gasteiger partial charge in [-0.05, 0) is 63.4 Å². The highest BCUT2D eigenvalue weighted by Gasteiger charge is 2.76. The van der Waals surface area contributed by atoms with Crippen molar-refractivity contribution in [1.29, 1.82) is 0 Å². The van der Waals surface area contributed by atoms with Gasteiger partial charge in [0.2, 0.25) is 0 Å². The van der Waals surface area contributed by atoms with Crippen molar-refractivity contribution in [3.63, 3.8) is 0 Å². The Morgan fingerprint density at radius 3 is 1.90 bits per heavy atom. The van der Waals surface area contributed by atoms with Crippen LogP contribution in [0.15, 0.2) is 18.2 Å². The fourth-order valence-electron chi connectivity index (χ4n) is 1.12. The third-order valence-corrected chi connectivity index (χ3v) is 3.73. The van der Waals surface area contributed by atoms with Crippen molar-refractivity contribution in [2.45, 2.75) is 18.0 Å². The summed E-state index contributed by atoms with van der Waals surface area (Å²) in [4.78, 5) is 11.2. The smallest absolute Gasteiger partial charge is 0.423 e. The van der Waals surface area contributed by atoms with Crippen LogP contribution in [0.1, 0.15) is 0 Å². The zero-order chi connectivity index (χ0) is 16.6. The molecule has 0 bridgehead atoms. The Hall–Kier alpha value is -0.310. The molecule has 0 fully saturated rings. The predicted octanol–water partition coefficient (Wildman–Crippen LogP) is 3.66. The van der Waals surface area contributed by atoms with Gasteiger partial charge in [0.25, 0.3) is 0 Å². The topological polar surface area (TPSA) is 46.5 Å². The summed E-state index contributed by atoms with van der Waals surface area (Å²) in [5.41, 5.74) is -5.59. The van der Waals surface area contributed by atoms with Gasteiger partial charge in [0, 0.05) is 3.57 Å². The minimum Gasteiger partial charge on any atom is -0.423 e. The van der Waals surface area contributed by atoms with Gasteiger partial charge in [-0.3, -0.25) is 0 Å². The highest BCUT2D eigenvalue weighted by Crippen LogP contribution is 2.44. The second kappa shape index (κ2) is 6.06. The second-order valence-electron chi connectivity index (χ2n) is 3.67. The molecule has 1 N–H and O–H groups in total. The average molecular weight is 540 g/mol. The molecule has 0 aliphatic heterocycles. The van der Waals surface area contributed by atoms with E-state index in [1.807, 2.05) is 22.6 Å². The van der Waals surface area contributed by atoms with Gasteiger partial charge in [0.15, 0.2) is 0 Å². The lowest BCUT2D eigenvalue weighted by Gasteiger charge is -2.29. The third kappa shape index (κ3) is 3.72. The number of halogens is 8. The second-order valence-corrected chi connectivity index (χ2v) is 6.08. The van der Waals surface area contributed by atoms with Crippen LogP contribution in [0.25, 0.3) is 0 Å². The van der Waals surface area contributed by atoms with Crippen molar-refractivity contribution in [1.82, 2.24) is 0 Å². The molecule has 1 aromatic rings. The first-order valence-electron chi connectivity index (χ1n) is 4.84. The number of carbonyl (C=O) groups excluding carboxylic acids is 1. The van der Waals surface area contributed by atoms with Crippen LogP contribution in [-0.4, -0.2) is 29.0 Å². The summed E-state index contributed by atoms with van der Waals surface area (Å²) < 4.78 is 79.5. The Balaban J connectivity index is 3.20. The summed E-state index contributed by atoms with van der Waals surface area (Å²) in [6, 6.07) is 3.70. The van der Waals surface area contributed by atoms with Crippen LogP contribution in [0.4, 0.5) is 26.3 Å². The minimum absolute atomic E-state index is 0.111. The fourth-order valence-corrected chi connectivity index (χ4v) is 2.84. The van der Waals surface area contributed by atoms with Crippen molar-refractivity contribution in [2.75, 3.05) is 0 Å². The van der Waals surface area contributed by atoms with Gasteiger partial charge in [-0.25, -0.2) is 4.79 Å².